The van der Waals surface area contributed by atoms with Crippen LogP contribution in [-0.2, 0) is 70.7 Å². The molecule has 3 rings (SSSR count). The van der Waals surface area contributed by atoms with E-state index in [0.29, 0.717) is 38.0 Å². The monoisotopic (exact) mass is 1720 g/mol. The molecule has 0 radical (unpaired) electrons. The van der Waals surface area contributed by atoms with Crippen LogP contribution >= 0.6 is 7.82 Å². The van der Waals surface area contributed by atoms with Gasteiger partial charge >= 0.3 is 31.7 Å². The van der Waals surface area contributed by atoms with Crippen LogP contribution in [-0.4, -0.2) is 205 Å². The zero-order valence-corrected chi connectivity index (χ0v) is 75.7. The molecule has 0 amide bonds. The fraction of sp³-hybridized carbons (Fsp3) is 0.935. The molecular weight excluding hydrogens is 1550 g/mol. The van der Waals surface area contributed by atoms with Crippen molar-refractivity contribution in [3.05, 3.63) is 12.2 Å². The number of allylic oxidation sites excluding steroid dienone is 2. The van der Waals surface area contributed by atoms with Crippen LogP contribution in [0.3, 0.4) is 0 Å². The van der Waals surface area contributed by atoms with Crippen molar-refractivity contribution in [1.82, 2.24) is 0 Å². The van der Waals surface area contributed by atoms with Gasteiger partial charge in [-0.15, -0.1) is 0 Å². The van der Waals surface area contributed by atoms with Crippen LogP contribution in [0.1, 0.15) is 420 Å². The highest BCUT2D eigenvalue weighted by Gasteiger charge is 2.60. The maximum atomic E-state index is 14.9. The number of carbonyl (C=O) groups excluding carboxylic acids is 4. The summed E-state index contributed by atoms with van der Waals surface area (Å²) in [6, 6.07) is 0. The molecule has 119 heavy (non-hydrogen) atoms. The van der Waals surface area contributed by atoms with Crippen molar-refractivity contribution in [2.75, 3.05) is 26.4 Å². The van der Waals surface area contributed by atoms with Crippen LogP contribution in [0.4, 0.5) is 0 Å². The zero-order valence-electron chi connectivity index (χ0n) is 74.8. The lowest BCUT2D eigenvalue weighted by molar-refractivity contribution is -0.360. The first-order valence-electron chi connectivity index (χ1n) is 48.3. The van der Waals surface area contributed by atoms with Crippen LogP contribution in [0.25, 0.3) is 0 Å². The molecule has 3 aliphatic rings. The summed E-state index contributed by atoms with van der Waals surface area (Å²) in [5.41, 5.74) is 0. The third-order valence-electron chi connectivity index (χ3n) is 23.9. The van der Waals surface area contributed by atoms with Crippen LogP contribution in [0, 0.1) is 5.92 Å². The van der Waals surface area contributed by atoms with Gasteiger partial charge < -0.3 is 88.7 Å². The number of hydrogen-bond donors (Lipinski definition) is 10. The van der Waals surface area contributed by atoms with Gasteiger partial charge in [-0.25, -0.2) is 4.57 Å². The van der Waals surface area contributed by atoms with Crippen LogP contribution in [0.15, 0.2) is 12.2 Å². The first kappa shape index (κ1) is 110. The molecule has 2 heterocycles. The lowest BCUT2D eigenvalue weighted by Crippen LogP contribution is -2.70. The minimum Gasteiger partial charge on any atom is -0.463 e. The Morgan fingerprint density at radius 3 is 1.09 bits per heavy atom. The summed E-state index contributed by atoms with van der Waals surface area (Å²) in [6.45, 7) is 7.94. The molecular formula is C93H173O25P. The molecule has 26 heteroatoms. The molecule has 2 aliphatic heterocycles. The molecule has 10 N–H and O–H groups in total. The topological polar surface area (TPSA) is 380 Å². The molecule has 0 aromatic carbocycles. The van der Waals surface area contributed by atoms with Crippen molar-refractivity contribution in [3.8, 4) is 0 Å². The van der Waals surface area contributed by atoms with Crippen molar-refractivity contribution in [2.24, 2.45) is 5.92 Å². The van der Waals surface area contributed by atoms with E-state index in [9.17, 15) is 74.6 Å². The number of rotatable bonds is 78. The quantitative estimate of drug-likeness (QED) is 0.00889. The second kappa shape index (κ2) is 71.3. The summed E-state index contributed by atoms with van der Waals surface area (Å²) in [4.78, 5) is 66.5. The predicted octanol–water partition coefficient (Wildman–Crippen LogP) is 18.2. The fourth-order valence-corrected chi connectivity index (χ4v) is 17.1. The molecule has 1 aliphatic carbocycles. The third-order valence-corrected chi connectivity index (χ3v) is 24.9. The number of aliphatic hydroxyl groups excluding tert-OH is 9. The van der Waals surface area contributed by atoms with E-state index in [1.165, 1.54) is 199 Å². The first-order chi connectivity index (χ1) is 57.6. The second-order valence-electron chi connectivity index (χ2n) is 34.9. The highest BCUT2D eigenvalue weighted by atomic mass is 31.2. The Labute approximate surface area is 718 Å². The molecule has 0 bridgehead atoms. The van der Waals surface area contributed by atoms with Gasteiger partial charge in [0.05, 0.1) is 13.2 Å². The highest BCUT2D eigenvalue weighted by Crippen LogP contribution is 2.49. The lowest BCUT2D eigenvalue weighted by atomic mass is 9.84. The molecule has 0 spiro atoms. The minimum absolute atomic E-state index is 0.0158. The van der Waals surface area contributed by atoms with Gasteiger partial charge in [-0.05, 0) is 57.3 Å². The van der Waals surface area contributed by atoms with Crippen molar-refractivity contribution >= 4 is 31.7 Å². The van der Waals surface area contributed by atoms with Gasteiger partial charge in [-0.2, -0.15) is 0 Å². The Bertz CT molecular complexity index is 2530. The Hall–Kier alpha value is -2.79. The van der Waals surface area contributed by atoms with Gasteiger partial charge in [0.2, 0.25) is 0 Å². The van der Waals surface area contributed by atoms with Crippen molar-refractivity contribution in [1.29, 1.82) is 0 Å². The summed E-state index contributed by atoms with van der Waals surface area (Å²) >= 11 is 0. The number of carbonyl (C=O) groups is 4. The summed E-state index contributed by atoms with van der Waals surface area (Å²) in [6.07, 6.45) is 29.1. The smallest absolute Gasteiger partial charge is 0.463 e. The van der Waals surface area contributed by atoms with Crippen LogP contribution in [0.5, 0.6) is 0 Å². The van der Waals surface area contributed by atoms with Gasteiger partial charge in [0.15, 0.2) is 24.8 Å². The SMILES string of the molecule is CCCCCCCC/C=C\CCCCCC(=O)OCC(COP(=O)(O)OC1C(OC2OC(CO)C(O)C(O)C2O)C(O)C(O)C(OC(=O)CCCCCCCCCCCCCCCCCC)C1OC1OC(COC(=O)CCCCCCCCC(C)CCCCCCCC)C(O)C(O)C1O)OC(=O)CCCCCCCCCCCCCCCCC. The van der Waals surface area contributed by atoms with Gasteiger partial charge in [0.25, 0.3) is 0 Å². The van der Waals surface area contributed by atoms with Gasteiger partial charge in [0, 0.05) is 25.7 Å². The number of hydrogen-bond acceptors (Lipinski definition) is 24. The second-order valence-corrected chi connectivity index (χ2v) is 36.3. The standard InChI is InChI=1S/C93H173O25P/c1-6-10-14-18-22-25-28-31-33-35-38-41-44-47-55-61-67-79(98)115-88-84(103)85(104)89(116-92-86(105)82(101)80(99)74(68-94)113-92)91(90(88)117-93-87(106)83(102)81(100)75(114-93)71-110-77(96)65-59-53-49-48-51-57-63-72(5)62-56-50-21-17-13-9-4)118-119(107,108)111-70-73(69-109-76(95)64-58-52-45-42-39-36-30-27-24-20-16-12-8-3)112-78(97)66-60-54-46-43-40-37-34-32-29-26-23-19-15-11-7-2/h36,39,72-75,80-94,99-106H,6-35,37-38,40-71H2,1-5H3,(H,107,108)/b39-36-. The molecule has 1 saturated carbocycles. The molecule has 25 nitrogen and oxygen atoms in total. The maximum absolute atomic E-state index is 14.9. The Balaban J connectivity index is 1.92. The average molecular weight is 1720 g/mol. The minimum atomic E-state index is -5.81. The number of phosphoric acid groups is 1. The Morgan fingerprint density at radius 1 is 0.353 bits per heavy atom. The zero-order chi connectivity index (χ0) is 86.9. The summed E-state index contributed by atoms with van der Waals surface area (Å²) in [5, 5.41) is 102. The molecule has 3 fully saturated rings. The number of ether oxygens (including phenoxy) is 8. The number of phosphoric ester groups is 1. The predicted molar refractivity (Wildman–Crippen MR) is 463 cm³/mol. The van der Waals surface area contributed by atoms with E-state index >= 15 is 0 Å². The number of aliphatic hydroxyl groups is 9. The molecule has 0 aromatic rings. The fourth-order valence-electron chi connectivity index (χ4n) is 16.1. The lowest BCUT2D eigenvalue weighted by Gasteiger charge is -2.50. The van der Waals surface area contributed by atoms with Crippen molar-refractivity contribution in [2.45, 2.75) is 524 Å². The summed E-state index contributed by atoms with van der Waals surface area (Å²) < 4.78 is 73.5. The van der Waals surface area contributed by atoms with E-state index in [1.807, 2.05) is 0 Å². The Morgan fingerprint density at radius 2 is 0.681 bits per heavy atom. The number of unbranched alkanes of at least 4 members (excludes halogenated alkanes) is 48. The van der Waals surface area contributed by atoms with Crippen LogP contribution in [0.2, 0.25) is 0 Å². The van der Waals surface area contributed by atoms with E-state index in [1.54, 1.807) is 0 Å². The molecule has 700 valence electrons. The Kier molecular flexibility index (Phi) is 66.1. The summed E-state index contributed by atoms with van der Waals surface area (Å²) in [5.74, 6) is -2.28. The van der Waals surface area contributed by atoms with Gasteiger partial charge in [-0.3, -0.25) is 28.2 Å². The van der Waals surface area contributed by atoms with E-state index in [-0.39, 0.29) is 25.7 Å². The van der Waals surface area contributed by atoms with E-state index in [0.717, 1.165) is 128 Å². The van der Waals surface area contributed by atoms with E-state index < -0.39 is 162 Å². The van der Waals surface area contributed by atoms with E-state index in [2.05, 4.69) is 46.8 Å². The summed E-state index contributed by atoms with van der Waals surface area (Å²) in [7, 11) is -5.81. The normalized spacial score (nSPS) is 25.1. The molecule has 19 atom stereocenters. The van der Waals surface area contributed by atoms with Crippen molar-refractivity contribution < 1.29 is 122 Å². The van der Waals surface area contributed by atoms with Crippen molar-refractivity contribution in [3.63, 3.8) is 0 Å². The largest absolute Gasteiger partial charge is 0.472 e. The van der Waals surface area contributed by atoms with Gasteiger partial charge in [0.1, 0.15) is 92.6 Å². The molecule has 2 saturated heterocycles. The van der Waals surface area contributed by atoms with Gasteiger partial charge in [-0.1, -0.05) is 355 Å². The first-order valence-corrected chi connectivity index (χ1v) is 49.8. The average Bonchev–Trinajstić information content (AvgIpc) is 0.753. The highest BCUT2D eigenvalue weighted by molar-refractivity contribution is 7.47. The number of esters is 4. The van der Waals surface area contributed by atoms with E-state index in [4.69, 9.17) is 46.9 Å². The van der Waals surface area contributed by atoms with Crippen LogP contribution < -0.4 is 0 Å². The molecule has 19 unspecified atom stereocenters. The third kappa shape index (κ3) is 51.6. The maximum Gasteiger partial charge on any atom is 0.472 e. The molecule has 0 aromatic heterocycles.